The zero-order valence-electron chi connectivity index (χ0n) is 11.8. The number of unbranched alkanes of at least 4 members (excludes halogenated alkanes) is 2. The third-order valence-electron chi connectivity index (χ3n) is 3.65. The number of esters is 1. The van der Waals surface area contributed by atoms with E-state index in [1.165, 1.54) is 0 Å². The molecule has 0 unspecified atom stereocenters. The van der Waals surface area contributed by atoms with Crippen molar-refractivity contribution in [2.24, 2.45) is 0 Å². The van der Waals surface area contributed by atoms with Crippen LogP contribution in [-0.4, -0.2) is 41.7 Å². The Morgan fingerprint density at radius 2 is 2.20 bits per heavy atom. The number of nitrogens with one attached hydrogen (secondary N) is 2. The SMILES string of the molecule is C=C(C)C(=O)OCCCCC[C@@H]1SC[C@@H]2NC(=O)N[C@@H]21. The number of carbonyl (C=O) groups excluding carboxylic acids is 2. The van der Waals surface area contributed by atoms with Gasteiger partial charge in [-0.05, 0) is 19.8 Å². The number of fused-ring (bicyclic) bond motifs is 1. The van der Waals surface area contributed by atoms with Crippen LogP contribution >= 0.6 is 11.8 Å². The molecule has 2 N–H and O–H groups in total. The topological polar surface area (TPSA) is 67.4 Å². The Morgan fingerprint density at radius 1 is 1.40 bits per heavy atom. The Bertz CT molecular complexity index is 400. The van der Waals surface area contributed by atoms with Crippen LogP contribution in [0.5, 0.6) is 0 Å². The highest BCUT2D eigenvalue weighted by atomic mass is 32.2. The van der Waals surface area contributed by atoms with Gasteiger partial charge in [-0.2, -0.15) is 11.8 Å². The summed E-state index contributed by atoms with van der Waals surface area (Å²) in [7, 11) is 0. The van der Waals surface area contributed by atoms with Crippen molar-refractivity contribution in [3.05, 3.63) is 12.2 Å². The Balaban J connectivity index is 1.55. The zero-order valence-corrected chi connectivity index (χ0v) is 12.6. The lowest BCUT2D eigenvalue weighted by Crippen LogP contribution is -2.36. The van der Waals surface area contributed by atoms with Gasteiger partial charge in [-0.3, -0.25) is 0 Å². The lowest BCUT2D eigenvalue weighted by atomic mass is 10.0. The third kappa shape index (κ3) is 3.91. The number of ether oxygens (including phenoxy) is 1. The van der Waals surface area contributed by atoms with Crippen molar-refractivity contribution in [2.45, 2.75) is 49.9 Å². The number of urea groups is 1. The molecule has 0 aromatic carbocycles. The molecule has 0 saturated carbocycles. The molecule has 2 fully saturated rings. The van der Waals surface area contributed by atoms with Crippen LogP contribution in [0.15, 0.2) is 12.2 Å². The van der Waals surface area contributed by atoms with Crippen molar-refractivity contribution >= 4 is 23.8 Å². The second kappa shape index (κ2) is 7.02. The quantitative estimate of drug-likeness (QED) is 0.326. The molecule has 0 aliphatic carbocycles. The van der Waals surface area contributed by atoms with Gasteiger partial charge in [-0.25, -0.2) is 9.59 Å². The van der Waals surface area contributed by atoms with Crippen LogP contribution in [0.25, 0.3) is 0 Å². The Morgan fingerprint density at radius 3 is 2.95 bits per heavy atom. The van der Waals surface area contributed by atoms with E-state index in [2.05, 4.69) is 17.2 Å². The molecule has 2 amide bonds. The number of amides is 2. The number of hydrogen-bond acceptors (Lipinski definition) is 4. The average molecular weight is 298 g/mol. The Kier molecular flexibility index (Phi) is 5.34. The fraction of sp³-hybridized carbons (Fsp3) is 0.714. The van der Waals surface area contributed by atoms with Crippen LogP contribution in [0.2, 0.25) is 0 Å². The minimum atomic E-state index is -0.307. The molecule has 3 atom stereocenters. The van der Waals surface area contributed by atoms with Crippen molar-refractivity contribution < 1.29 is 14.3 Å². The van der Waals surface area contributed by atoms with E-state index in [0.29, 0.717) is 23.5 Å². The highest BCUT2D eigenvalue weighted by Gasteiger charge is 2.42. The normalized spacial score (nSPS) is 27.6. The van der Waals surface area contributed by atoms with E-state index in [-0.39, 0.29) is 18.0 Å². The summed E-state index contributed by atoms with van der Waals surface area (Å²) in [6, 6.07) is 0.555. The molecule has 0 spiro atoms. The van der Waals surface area contributed by atoms with E-state index in [0.717, 1.165) is 31.4 Å². The standard InChI is InChI=1S/C14H22N2O3S/c1-9(2)13(17)19-7-5-3-4-6-11-12-10(8-20-11)15-14(18)16-12/h10-12H,1,3-8H2,2H3,(H2,15,16,18)/t10-,11-,12-/m0/s1. The Labute approximate surface area is 123 Å². The molecular formula is C14H22N2O3S. The van der Waals surface area contributed by atoms with Gasteiger partial charge in [0.2, 0.25) is 0 Å². The minimum absolute atomic E-state index is 0.0305. The summed E-state index contributed by atoms with van der Waals surface area (Å²) >= 11 is 1.93. The fourth-order valence-corrected chi connectivity index (χ4v) is 4.10. The minimum Gasteiger partial charge on any atom is -0.462 e. The summed E-state index contributed by atoms with van der Waals surface area (Å²) in [5.41, 5.74) is 0.447. The molecule has 0 aromatic heterocycles. The zero-order chi connectivity index (χ0) is 14.5. The molecule has 2 saturated heterocycles. The molecular weight excluding hydrogens is 276 g/mol. The van der Waals surface area contributed by atoms with Crippen LogP contribution < -0.4 is 10.6 Å². The molecule has 20 heavy (non-hydrogen) atoms. The highest BCUT2D eigenvalue weighted by Crippen LogP contribution is 2.33. The molecule has 0 radical (unpaired) electrons. The second-order valence-electron chi connectivity index (χ2n) is 5.39. The van der Waals surface area contributed by atoms with Crippen LogP contribution in [0.1, 0.15) is 32.6 Å². The van der Waals surface area contributed by atoms with Gasteiger partial charge in [-0.15, -0.1) is 0 Å². The summed E-state index contributed by atoms with van der Waals surface area (Å²) in [6.45, 7) is 5.66. The maximum Gasteiger partial charge on any atom is 0.333 e. The summed E-state index contributed by atoms with van der Waals surface area (Å²) in [6.07, 6.45) is 4.12. The van der Waals surface area contributed by atoms with Gasteiger partial charge in [0.05, 0.1) is 18.7 Å². The molecule has 2 aliphatic rings. The molecule has 0 aromatic rings. The molecule has 2 aliphatic heterocycles. The van der Waals surface area contributed by atoms with Crippen LogP contribution in [0.3, 0.4) is 0 Å². The first-order valence-electron chi connectivity index (χ1n) is 7.09. The van der Waals surface area contributed by atoms with Gasteiger partial charge in [0.1, 0.15) is 0 Å². The summed E-state index contributed by atoms with van der Waals surface area (Å²) in [4.78, 5) is 22.4. The predicted octanol–water partition coefficient (Wildman–Crippen LogP) is 1.83. The lowest BCUT2D eigenvalue weighted by Gasteiger charge is -2.16. The van der Waals surface area contributed by atoms with E-state index >= 15 is 0 Å². The number of rotatable bonds is 7. The van der Waals surface area contributed by atoms with Crippen molar-refractivity contribution in [3.63, 3.8) is 0 Å². The molecule has 2 heterocycles. The molecule has 0 bridgehead atoms. The monoisotopic (exact) mass is 298 g/mol. The largest absolute Gasteiger partial charge is 0.462 e. The lowest BCUT2D eigenvalue weighted by molar-refractivity contribution is -0.139. The van der Waals surface area contributed by atoms with Gasteiger partial charge >= 0.3 is 12.0 Å². The first-order valence-corrected chi connectivity index (χ1v) is 8.14. The van der Waals surface area contributed by atoms with Crippen molar-refractivity contribution in [2.75, 3.05) is 12.4 Å². The maximum absolute atomic E-state index is 11.2. The summed E-state index contributed by atoms with van der Waals surface area (Å²) < 4.78 is 5.05. The summed E-state index contributed by atoms with van der Waals surface area (Å²) in [5.74, 6) is 0.698. The van der Waals surface area contributed by atoms with Crippen LogP contribution in [-0.2, 0) is 9.53 Å². The smallest absolute Gasteiger partial charge is 0.333 e. The van der Waals surface area contributed by atoms with Crippen molar-refractivity contribution in [3.8, 4) is 0 Å². The van der Waals surface area contributed by atoms with E-state index < -0.39 is 0 Å². The van der Waals surface area contributed by atoms with Crippen molar-refractivity contribution in [1.82, 2.24) is 10.6 Å². The van der Waals surface area contributed by atoms with Gasteiger partial charge < -0.3 is 15.4 Å². The van der Waals surface area contributed by atoms with E-state index in [9.17, 15) is 9.59 Å². The van der Waals surface area contributed by atoms with Gasteiger partial charge in [-0.1, -0.05) is 19.4 Å². The van der Waals surface area contributed by atoms with Gasteiger partial charge in [0, 0.05) is 16.6 Å². The highest BCUT2D eigenvalue weighted by molar-refractivity contribution is 8.00. The van der Waals surface area contributed by atoms with Crippen LogP contribution in [0.4, 0.5) is 4.79 Å². The van der Waals surface area contributed by atoms with Gasteiger partial charge in [0.25, 0.3) is 0 Å². The average Bonchev–Trinajstić information content (AvgIpc) is 2.93. The van der Waals surface area contributed by atoms with Crippen molar-refractivity contribution in [1.29, 1.82) is 0 Å². The Hall–Kier alpha value is -1.17. The maximum atomic E-state index is 11.2. The van der Waals surface area contributed by atoms with E-state index in [1.807, 2.05) is 11.8 Å². The number of carbonyl (C=O) groups is 2. The molecule has 112 valence electrons. The molecule has 2 rings (SSSR count). The molecule has 6 heteroatoms. The number of thioether (sulfide) groups is 1. The number of hydrogen-bond donors (Lipinski definition) is 2. The second-order valence-corrected chi connectivity index (χ2v) is 6.66. The first-order chi connectivity index (χ1) is 9.58. The van der Waals surface area contributed by atoms with E-state index in [4.69, 9.17) is 4.74 Å². The van der Waals surface area contributed by atoms with Crippen LogP contribution in [0, 0.1) is 0 Å². The fourth-order valence-electron chi connectivity index (χ4n) is 2.56. The van der Waals surface area contributed by atoms with E-state index in [1.54, 1.807) is 6.92 Å². The summed E-state index contributed by atoms with van der Waals surface area (Å²) in [5, 5.41) is 6.45. The first kappa shape index (κ1) is 15.2. The van der Waals surface area contributed by atoms with Gasteiger partial charge in [0.15, 0.2) is 0 Å². The predicted molar refractivity (Wildman–Crippen MR) is 79.7 cm³/mol. The third-order valence-corrected chi connectivity index (χ3v) is 5.16. The molecule has 5 nitrogen and oxygen atoms in total.